The summed E-state index contributed by atoms with van der Waals surface area (Å²) < 4.78 is 38.5. The van der Waals surface area contributed by atoms with Gasteiger partial charge in [0.25, 0.3) is 0 Å². The van der Waals surface area contributed by atoms with Gasteiger partial charge in [0.05, 0.1) is 11.2 Å². The Hall–Kier alpha value is -2.94. The molecule has 0 saturated heterocycles. The van der Waals surface area contributed by atoms with Gasteiger partial charge < -0.3 is 15.5 Å². The van der Waals surface area contributed by atoms with E-state index < -0.39 is 23.1 Å². The molecule has 1 aliphatic rings. The Morgan fingerprint density at radius 2 is 1.79 bits per heavy atom. The number of nitrogens with one attached hydrogen (secondary N) is 1. The van der Waals surface area contributed by atoms with Crippen LogP contribution in [0.2, 0.25) is 0 Å². The van der Waals surface area contributed by atoms with Crippen molar-refractivity contribution in [2.75, 3.05) is 5.32 Å². The van der Waals surface area contributed by atoms with Gasteiger partial charge in [-0.05, 0) is 25.8 Å². The van der Waals surface area contributed by atoms with E-state index in [1.165, 1.54) is 0 Å². The lowest BCUT2D eigenvalue weighted by molar-refractivity contribution is -0.137. The number of hydrogen-bond acceptors (Lipinski definition) is 6. The largest absolute Gasteiger partial charge is 0.506 e. The number of rotatable bonds is 3. The fourth-order valence-electron chi connectivity index (χ4n) is 3.47. The molecule has 2 aromatic heterocycles. The fourth-order valence-corrected chi connectivity index (χ4v) is 3.47. The summed E-state index contributed by atoms with van der Waals surface area (Å²) >= 11 is 0. The lowest BCUT2D eigenvalue weighted by Gasteiger charge is -2.41. The van der Waals surface area contributed by atoms with E-state index in [1.54, 1.807) is 31.2 Å². The molecule has 2 heterocycles. The first-order valence-electron chi connectivity index (χ1n) is 8.65. The zero-order valence-electron chi connectivity index (χ0n) is 14.8. The van der Waals surface area contributed by atoms with Crippen molar-refractivity contribution in [1.82, 2.24) is 15.2 Å². The van der Waals surface area contributed by atoms with Crippen LogP contribution < -0.4 is 5.32 Å². The second-order valence-corrected chi connectivity index (χ2v) is 7.28. The van der Waals surface area contributed by atoms with E-state index in [-0.39, 0.29) is 17.4 Å². The number of nitrogens with zero attached hydrogens (tertiary/aromatic N) is 3. The number of hydrogen-bond donors (Lipinski definition) is 3. The highest BCUT2D eigenvalue weighted by Crippen LogP contribution is 2.38. The van der Waals surface area contributed by atoms with Gasteiger partial charge in [-0.1, -0.05) is 24.3 Å². The van der Waals surface area contributed by atoms with Crippen LogP contribution in [-0.2, 0) is 6.18 Å². The summed E-state index contributed by atoms with van der Waals surface area (Å²) in [5.41, 5.74) is -1.62. The number of aromatic nitrogens is 3. The minimum atomic E-state index is -4.60. The number of pyridine rings is 1. The van der Waals surface area contributed by atoms with E-state index in [1.807, 2.05) is 0 Å². The molecule has 1 saturated carbocycles. The number of halogens is 3. The van der Waals surface area contributed by atoms with Gasteiger partial charge in [0.2, 0.25) is 0 Å². The van der Waals surface area contributed by atoms with E-state index >= 15 is 0 Å². The maximum Gasteiger partial charge on any atom is 0.418 e. The minimum absolute atomic E-state index is 0.0520. The molecular weight excluding hydrogens is 373 g/mol. The standard InChI is InChI=1S/C19H17F3N4O2/c1-18(28)7-11(8-18)24-17-13-5-3-2-4-12(13)15(25-26-17)16-14(27)6-10(9-23-16)19(20,21)22/h2-6,9,11,27-28H,7-8H2,1H3,(H,24,26)/t11-,18+. The Bertz CT molecular complexity index is 1050. The zero-order chi connectivity index (χ0) is 20.1. The van der Waals surface area contributed by atoms with Crippen LogP contribution in [0.25, 0.3) is 22.2 Å². The molecule has 0 aliphatic heterocycles. The molecule has 0 amide bonds. The highest BCUT2D eigenvalue weighted by Gasteiger charge is 2.38. The van der Waals surface area contributed by atoms with Crippen molar-refractivity contribution in [3.05, 3.63) is 42.1 Å². The maximum absolute atomic E-state index is 12.8. The van der Waals surface area contributed by atoms with Crippen molar-refractivity contribution in [1.29, 1.82) is 0 Å². The SMILES string of the molecule is C[C@]1(O)C[C@@H](Nc2nnc(-c3ncc(C(F)(F)F)cc3O)c3ccccc23)C1. The van der Waals surface area contributed by atoms with Gasteiger partial charge in [0.1, 0.15) is 17.1 Å². The summed E-state index contributed by atoms with van der Waals surface area (Å²) in [7, 11) is 0. The molecule has 4 rings (SSSR count). The fraction of sp³-hybridized carbons (Fsp3) is 0.316. The van der Waals surface area contributed by atoms with E-state index in [9.17, 15) is 23.4 Å². The summed E-state index contributed by atoms with van der Waals surface area (Å²) in [4.78, 5) is 3.78. The van der Waals surface area contributed by atoms with Gasteiger partial charge in [-0.15, -0.1) is 10.2 Å². The Morgan fingerprint density at radius 3 is 2.39 bits per heavy atom. The topological polar surface area (TPSA) is 91.2 Å². The van der Waals surface area contributed by atoms with Crippen molar-refractivity contribution in [2.24, 2.45) is 0 Å². The third-order valence-corrected chi connectivity index (χ3v) is 4.82. The van der Waals surface area contributed by atoms with Crippen molar-refractivity contribution in [3.63, 3.8) is 0 Å². The van der Waals surface area contributed by atoms with E-state index in [4.69, 9.17) is 0 Å². The van der Waals surface area contributed by atoms with Gasteiger partial charge in [-0.25, -0.2) is 4.98 Å². The maximum atomic E-state index is 12.8. The first-order valence-corrected chi connectivity index (χ1v) is 8.65. The molecule has 1 aliphatic carbocycles. The normalized spacial score (nSPS) is 22.1. The van der Waals surface area contributed by atoms with Crippen LogP contribution in [0.15, 0.2) is 36.5 Å². The van der Waals surface area contributed by atoms with Gasteiger partial charge in [0, 0.05) is 23.0 Å². The zero-order valence-corrected chi connectivity index (χ0v) is 14.8. The number of aliphatic hydroxyl groups is 1. The van der Waals surface area contributed by atoms with Crippen LogP contribution in [0.5, 0.6) is 5.75 Å². The van der Waals surface area contributed by atoms with Crippen molar-refractivity contribution >= 4 is 16.6 Å². The van der Waals surface area contributed by atoms with Crippen LogP contribution in [0.1, 0.15) is 25.3 Å². The molecular formula is C19H17F3N4O2. The van der Waals surface area contributed by atoms with Crippen LogP contribution >= 0.6 is 0 Å². The second kappa shape index (κ2) is 6.30. The third kappa shape index (κ3) is 3.33. The van der Waals surface area contributed by atoms with E-state index in [0.29, 0.717) is 41.7 Å². The van der Waals surface area contributed by atoms with E-state index in [0.717, 1.165) is 0 Å². The van der Waals surface area contributed by atoms with Crippen molar-refractivity contribution in [2.45, 2.75) is 37.6 Å². The van der Waals surface area contributed by atoms with E-state index in [2.05, 4.69) is 20.5 Å². The predicted octanol–water partition coefficient (Wildman–Crippen LogP) is 3.74. The summed E-state index contributed by atoms with van der Waals surface area (Å²) in [5, 5.41) is 32.8. The quantitative estimate of drug-likeness (QED) is 0.631. The molecule has 0 atom stereocenters. The van der Waals surface area contributed by atoms with Crippen molar-refractivity contribution < 1.29 is 23.4 Å². The first-order chi connectivity index (χ1) is 13.1. The summed E-state index contributed by atoms with van der Waals surface area (Å²) in [6, 6.07) is 7.77. The molecule has 9 heteroatoms. The number of fused-ring (bicyclic) bond motifs is 1. The molecule has 6 nitrogen and oxygen atoms in total. The molecule has 0 unspecified atom stereocenters. The molecule has 0 radical (unpaired) electrons. The van der Waals surface area contributed by atoms with Gasteiger partial charge in [0.15, 0.2) is 5.82 Å². The van der Waals surface area contributed by atoms with Crippen molar-refractivity contribution in [3.8, 4) is 17.1 Å². The highest BCUT2D eigenvalue weighted by atomic mass is 19.4. The molecule has 1 fully saturated rings. The molecule has 0 bridgehead atoms. The molecule has 146 valence electrons. The molecule has 3 aromatic rings. The monoisotopic (exact) mass is 390 g/mol. The third-order valence-electron chi connectivity index (χ3n) is 4.82. The Kier molecular flexibility index (Phi) is 4.15. The molecule has 3 N–H and O–H groups in total. The molecule has 1 aromatic carbocycles. The van der Waals surface area contributed by atoms with Gasteiger partial charge in [-0.3, -0.25) is 0 Å². The number of alkyl halides is 3. The number of benzene rings is 1. The lowest BCUT2D eigenvalue weighted by Crippen LogP contribution is -2.48. The minimum Gasteiger partial charge on any atom is -0.506 e. The van der Waals surface area contributed by atoms with Gasteiger partial charge >= 0.3 is 6.18 Å². The Balaban J connectivity index is 1.74. The Labute approximate surface area is 158 Å². The number of aromatic hydroxyl groups is 1. The van der Waals surface area contributed by atoms with Crippen LogP contribution in [0.4, 0.5) is 19.0 Å². The number of anilines is 1. The summed E-state index contributed by atoms with van der Waals surface area (Å²) in [6.07, 6.45) is -2.79. The smallest absolute Gasteiger partial charge is 0.418 e. The summed E-state index contributed by atoms with van der Waals surface area (Å²) in [6.45, 7) is 1.76. The highest BCUT2D eigenvalue weighted by molar-refractivity contribution is 6.00. The van der Waals surface area contributed by atoms with Gasteiger partial charge in [-0.2, -0.15) is 13.2 Å². The lowest BCUT2D eigenvalue weighted by atomic mass is 9.77. The summed E-state index contributed by atoms with van der Waals surface area (Å²) in [5.74, 6) is -0.115. The Morgan fingerprint density at radius 1 is 1.11 bits per heavy atom. The van der Waals surface area contributed by atoms with Crippen LogP contribution in [-0.4, -0.2) is 37.0 Å². The van der Waals surface area contributed by atoms with Crippen LogP contribution in [0.3, 0.4) is 0 Å². The molecule has 28 heavy (non-hydrogen) atoms. The molecule has 0 spiro atoms. The first kappa shape index (κ1) is 18.4. The predicted molar refractivity (Wildman–Crippen MR) is 96.7 cm³/mol. The average molecular weight is 390 g/mol. The second-order valence-electron chi connectivity index (χ2n) is 7.28. The van der Waals surface area contributed by atoms with Crippen LogP contribution in [0, 0.1) is 0 Å². The average Bonchev–Trinajstić information content (AvgIpc) is 2.60.